The fraction of sp³-hybridized carbons (Fsp3) is 0.571. The summed E-state index contributed by atoms with van der Waals surface area (Å²) in [7, 11) is 2.93. The zero-order chi connectivity index (χ0) is 15.1. The van der Waals surface area contributed by atoms with Crippen molar-refractivity contribution >= 4 is 11.9 Å². The van der Waals surface area contributed by atoms with Crippen molar-refractivity contribution in [1.82, 2.24) is 9.47 Å². The number of rotatable bonds is 7. The molecular weight excluding hydrogens is 260 g/mol. The van der Waals surface area contributed by atoms with Gasteiger partial charge in [0.15, 0.2) is 0 Å². The van der Waals surface area contributed by atoms with E-state index in [2.05, 4.69) is 4.74 Å². The van der Waals surface area contributed by atoms with E-state index in [9.17, 15) is 9.59 Å². The van der Waals surface area contributed by atoms with Crippen LogP contribution in [0, 0.1) is 0 Å². The molecule has 0 aromatic carbocycles. The lowest BCUT2D eigenvalue weighted by Crippen LogP contribution is -2.41. The van der Waals surface area contributed by atoms with E-state index in [4.69, 9.17) is 4.74 Å². The molecule has 0 aliphatic heterocycles. The minimum atomic E-state index is -0.429. The van der Waals surface area contributed by atoms with E-state index in [0.29, 0.717) is 18.8 Å². The molecule has 1 aromatic rings. The van der Waals surface area contributed by atoms with Crippen LogP contribution in [0.3, 0.4) is 0 Å². The molecule has 0 aliphatic rings. The maximum Gasteiger partial charge on any atom is 0.325 e. The van der Waals surface area contributed by atoms with Gasteiger partial charge in [-0.25, -0.2) is 0 Å². The molecule has 1 amide bonds. The van der Waals surface area contributed by atoms with Gasteiger partial charge in [0.05, 0.1) is 13.7 Å². The molecule has 1 heterocycles. The normalized spacial score (nSPS) is 10.7. The third-order valence-electron chi connectivity index (χ3n) is 3.00. The zero-order valence-corrected chi connectivity index (χ0v) is 12.5. The van der Waals surface area contributed by atoms with Crippen LogP contribution >= 0.6 is 0 Å². The van der Waals surface area contributed by atoms with Gasteiger partial charge in [0.2, 0.25) is 0 Å². The fourth-order valence-corrected chi connectivity index (χ4v) is 1.83. The molecular formula is C14H22N2O4. The van der Waals surface area contributed by atoms with Crippen LogP contribution in [0.25, 0.3) is 0 Å². The van der Waals surface area contributed by atoms with Gasteiger partial charge in [-0.3, -0.25) is 9.59 Å². The second-order valence-electron chi connectivity index (χ2n) is 4.68. The number of esters is 1. The maximum absolute atomic E-state index is 12.5. The summed E-state index contributed by atoms with van der Waals surface area (Å²) in [5.41, 5.74) is 0.541. The summed E-state index contributed by atoms with van der Waals surface area (Å²) in [6.45, 7) is 4.79. The van der Waals surface area contributed by atoms with Gasteiger partial charge in [-0.1, -0.05) is 0 Å². The minimum absolute atomic E-state index is 0.0531. The molecule has 6 nitrogen and oxygen atoms in total. The Bertz CT molecular complexity index is 454. The molecule has 20 heavy (non-hydrogen) atoms. The molecule has 1 aromatic heterocycles. The second kappa shape index (κ2) is 7.69. The molecule has 0 fully saturated rings. The lowest BCUT2D eigenvalue weighted by atomic mass is 10.2. The molecule has 0 aliphatic carbocycles. The van der Waals surface area contributed by atoms with E-state index in [1.54, 1.807) is 19.2 Å². The first-order valence-corrected chi connectivity index (χ1v) is 6.53. The maximum atomic E-state index is 12.5. The van der Waals surface area contributed by atoms with Gasteiger partial charge in [0.25, 0.3) is 5.91 Å². The number of methoxy groups -OCH3 is 2. The minimum Gasteiger partial charge on any atom is -0.468 e. The Kier molecular flexibility index (Phi) is 6.24. The van der Waals surface area contributed by atoms with Gasteiger partial charge in [-0.15, -0.1) is 0 Å². The monoisotopic (exact) mass is 282 g/mol. The quantitative estimate of drug-likeness (QED) is 0.704. The van der Waals surface area contributed by atoms with E-state index in [1.165, 1.54) is 12.0 Å². The molecule has 1 rings (SSSR count). The largest absolute Gasteiger partial charge is 0.468 e. The zero-order valence-electron chi connectivity index (χ0n) is 12.5. The van der Waals surface area contributed by atoms with Crippen molar-refractivity contribution in [2.24, 2.45) is 0 Å². The topological polar surface area (TPSA) is 60.8 Å². The van der Waals surface area contributed by atoms with Gasteiger partial charge < -0.3 is 18.9 Å². The van der Waals surface area contributed by atoms with Crippen molar-refractivity contribution in [3.63, 3.8) is 0 Å². The SMILES string of the molecule is COCCn1cccc1C(=O)N(CC(=O)OC)C(C)C. The Labute approximate surface area is 119 Å². The van der Waals surface area contributed by atoms with Gasteiger partial charge in [-0.05, 0) is 26.0 Å². The first kappa shape index (κ1) is 16.2. The van der Waals surface area contributed by atoms with E-state index >= 15 is 0 Å². The van der Waals surface area contributed by atoms with Gasteiger partial charge in [-0.2, -0.15) is 0 Å². The van der Waals surface area contributed by atoms with E-state index in [-0.39, 0.29) is 18.5 Å². The summed E-state index contributed by atoms with van der Waals surface area (Å²) < 4.78 is 11.5. The number of hydrogen-bond acceptors (Lipinski definition) is 4. The lowest BCUT2D eigenvalue weighted by molar-refractivity contribution is -0.141. The second-order valence-corrected chi connectivity index (χ2v) is 4.68. The highest BCUT2D eigenvalue weighted by atomic mass is 16.5. The molecule has 0 saturated heterocycles. The number of hydrogen-bond donors (Lipinski definition) is 0. The molecule has 112 valence electrons. The number of nitrogens with zero attached hydrogens (tertiary/aromatic N) is 2. The van der Waals surface area contributed by atoms with Crippen molar-refractivity contribution in [2.75, 3.05) is 27.4 Å². The summed E-state index contributed by atoms with van der Waals surface area (Å²) in [6.07, 6.45) is 1.82. The third-order valence-corrected chi connectivity index (χ3v) is 3.00. The van der Waals surface area contributed by atoms with Crippen molar-refractivity contribution in [3.8, 4) is 0 Å². The van der Waals surface area contributed by atoms with Crippen molar-refractivity contribution in [1.29, 1.82) is 0 Å². The molecule has 0 unspecified atom stereocenters. The lowest BCUT2D eigenvalue weighted by Gasteiger charge is -2.26. The van der Waals surface area contributed by atoms with Crippen LogP contribution in [0.1, 0.15) is 24.3 Å². The Morgan fingerprint density at radius 3 is 2.60 bits per heavy atom. The summed E-state index contributed by atoms with van der Waals surface area (Å²) in [4.78, 5) is 25.4. The molecule has 0 radical (unpaired) electrons. The Hall–Kier alpha value is -1.82. The van der Waals surface area contributed by atoms with Crippen LogP contribution in [0.2, 0.25) is 0 Å². The number of ether oxygens (including phenoxy) is 2. The first-order chi connectivity index (χ1) is 9.51. The number of aromatic nitrogens is 1. The van der Waals surface area contributed by atoms with Crippen LogP contribution in [0.5, 0.6) is 0 Å². The van der Waals surface area contributed by atoms with E-state index in [0.717, 1.165) is 0 Å². The fourth-order valence-electron chi connectivity index (χ4n) is 1.83. The van der Waals surface area contributed by atoms with E-state index in [1.807, 2.05) is 24.6 Å². The van der Waals surface area contributed by atoms with E-state index < -0.39 is 5.97 Å². The number of amides is 1. The van der Waals surface area contributed by atoms with Crippen LogP contribution in [-0.4, -0.2) is 54.8 Å². The Balaban J connectivity index is 2.89. The van der Waals surface area contributed by atoms with Gasteiger partial charge in [0.1, 0.15) is 12.2 Å². The summed E-state index contributed by atoms with van der Waals surface area (Å²) in [6, 6.07) is 3.46. The highest BCUT2D eigenvalue weighted by molar-refractivity contribution is 5.94. The summed E-state index contributed by atoms with van der Waals surface area (Å²) in [5.74, 6) is -0.617. The van der Waals surface area contributed by atoms with Gasteiger partial charge >= 0.3 is 5.97 Å². The third kappa shape index (κ3) is 4.09. The molecule has 6 heteroatoms. The Morgan fingerprint density at radius 2 is 2.05 bits per heavy atom. The van der Waals surface area contributed by atoms with Crippen LogP contribution in [0.4, 0.5) is 0 Å². The highest BCUT2D eigenvalue weighted by Gasteiger charge is 2.23. The molecule has 0 spiro atoms. The average Bonchev–Trinajstić information content (AvgIpc) is 2.89. The molecule has 0 N–H and O–H groups in total. The highest BCUT2D eigenvalue weighted by Crippen LogP contribution is 2.10. The van der Waals surface area contributed by atoms with Crippen molar-refractivity contribution in [3.05, 3.63) is 24.0 Å². The smallest absolute Gasteiger partial charge is 0.325 e. The first-order valence-electron chi connectivity index (χ1n) is 6.53. The number of carbonyl (C=O) groups is 2. The summed E-state index contributed by atoms with van der Waals surface area (Å²) >= 11 is 0. The molecule has 0 atom stereocenters. The van der Waals surface area contributed by atoms with Crippen LogP contribution in [0.15, 0.2) is 18.3 Å². The predicted molar refractivity (Wildman–Crippen MR) is 74.5 cm³/mol. The number of carbonyl (C=O) groups excluding carboxylic acids is 2. The summed E-state index contributed by atoms with van der Waals surface area (Å²) in [5, 5.41) is 0. The standard InChI is InChI=1S/C14H22N2O4/c1-11(2)16(10-13(17)20-4)14(18)12-6-5-7-15(12)8-9-19-3/h5-7,11H,8-10H2,1-4H3. The Morgan fingerprint density at radius 1 is 1.35 bits per heavy atom. The molecule has 0 saturated carbocycles. The van der Waals surface area contributed by atoms with Gasteiger partial charge in [0, 0.05) is 25.9 Å². The van der Waals surface area contributed by atoms with Crippen LogP contribution < -0.4 is 0 Å². The van der Waals surface area contributed by atoms with Crippen LogP contribution in [-0.2, 0) is 20.8 Å². The molecule has 0 bridgehead atoms. The van der Waals surface area contributed by atoms with Crippen molar-refractivity contribution in [2.45, 2.75) is 26.4 Å². The predicted octanol–water partition coefficient (Wildman–Crippen LogP) is 1.16. The average molecular weight is 282 g/mol. The van der Waals surface area contributed by atoms with Crippen molar-refractivity contribution < 1.29 is 19.1 Å².